The highest BCUT2D eigenvalue weighted by Crippen LogP contribution is 2.34. The molecule has 2 heteroatoms. The van der Waals surface area contributed by atoms with Gasteiger partial charge in [0, 0.05) is 26.2 Å². The fraction of sp³-hybridized carbons (Fsp3) is 0.455. The predicted molar refractivity (Wildman–Crippen MR) is 99.8 cm³/mol. The van der Waals surface area contributed by atoms with Gasteiger partial charge in [0.25, 0.3) is 0 Å². The van der Waals surface area contributed by atoms with E-state index in [-0.39, 0.29) is 5.60 Å². The number of hydrogen-bond donors (Lipinski definition) is 0. The minimum Gasteiger partial charge on any atom is -0.379 e. The molecule has 128 valence electrons. The summed E-state index contributed by atoms with van der Waals surface area (Å²) >= 11 is 0. The lowest BCUT2D eigenvalue weighted by atomic mass is 9.82. The lowest BCUT2D eigenvalue weighted by Gasteiger charge is -2.41. The summed E-state index contributed by atoms with van der Waals surface area (Å²) in [6.45, 7) is 4.29. The zero-order valence-electron chi connectivity index (χ0n) is 14.9. The Morgan fingerprint density at radius 1 is 0.875 bits per heavy atom. The largest absolute Gasteiger partial charge is 0.379 e. The normalized spacial score (nSPS) is 24.2. The molecule has 0 heterocycles. The molecule has 3 rings (SSSR count). The highest BCUT2D eigenvalue weighted by molar-refractivity contribution is 5.17. The molecule has 0 atom stereocenters. The Kier molecular flexibility index (Phi) is 5.70. The van der Waals surface area contributed by atoms with E-state index in [9.17, 15) is 0 Å². The Labute approximate surface area is 146 Å². The van der Waals surface area contributed by atoms with Crippen molar-refractivity contribution in [3.63, 3.8) is 0 Å². The third kappa shape index (κ3) is 4.46. The maximum Gasteiger partial charge on any atom is 0.0652 e. The van der Waals surface area contributed by atoms with E-state index in [2.05, 4.69) is 72.5 Å². The van der Waals surface area contributed by atoms with Gasteiger partial charge in [-0.2, -0.15) is 0 Å². The van der Waals surface area contributed by atoms with E-state index in [4.69, 9.17) is 4.74 Å². The first-order chi connectivity index (χ1) is 11.7. The topological polar surface area (TPSA) is 12.5 Å². The molecule has 0 unspecified atom stereocenters. The second-order valence-corrected chi connectivity index (χ2v) is 7.26. The predicted octanol–water partition coefficient (Wildman–Crippen LogP) is 5.04. The smallest absolute Gasteiger partial charge is 0.0652 e. The van der Waals surface area contributed by atoms with Crippen LogP contribution in [0.1, 0.15) is 43.7 Å². The monoisotopic (exact) mass is 323 g/mol. The number of benzene rings is 2. The van der Waals surface area contributed by atoms with Crippen LogP contribution in [-0.2, 0) is 17.8 Å². The van der Waals surface area contributed by atoms with Gasteiger partial charge in [-0.3, -0.25) is 4.90 Å². The van der Waals surface area contributed by atoms with Gasteiger partial charge in [-0.25, -0.2) is 0 Å². The quantitative estimate of drug-likeness (QED) is 0.738. The summed E-state index contributed by atoms with van der Waals surface area (Å²) in [5.41, 5.74) is 2.86. The van der Waals surface area contributed by atoms with Crippen LogP contribution in [0.15, 0.2) is 60.7 Å². The van der Waals surface area contributed by atoms with E-state index < -0.39 is 0 Å². The Balaban J connectivity index is 1.72. The van der Waals surface area contributed by atoms with Crippen LogP contribution in [0, 0.1) is 0 Å². The van der Waals surface area contributed by atoms with Gasteiger partial charge in [0.05, 0.1) is 5.60 Å². The van der Waals surface area contributed by atoms with Gasteiger partial charge in [0.1, 0.15) is 0 Å². The van der Waals surface area contributed by atoms with E-state index in [0.29, 0.717) is 6.04 Å². The van der Waals surface area contributed by atoms with Crippen molar-refractivity contribution in [2.24, 2.45) is 0 Å². The summed E-state index contributed by atoms with van der Waals surface area (Å²) in [6.07, 6.45) is 4.72. The maximum absolute atomic E-state index is 5.72. The average molecular weight is 323 g/mol. The lowest BCUT2D eigenvalue weighted by molar-refractivity contribution is -0.0435. The van der Waals surface area contributed by atoms with Crippen molar-refractivity contribution >= 4 is 0 Å². The van der Waals surface area contributed by atoms with Crippen molar-refractivity contribution in [2.45, 2.75) is 57.3 Å². The molecule has 0 amide bonds. The summed E-state index contributed by atoms with van der Waals surface area (Å²) in [6, 6.07) is 22.3. The molecule has 0 radical (unpaired) electrons. The fourth-order valence-corrected chi connectivity index (χ4v) is 3.73. The van der Waals surface area contributed by atoms with Crippen molar-refractivity contribution in [2.75, 3.05) is 7.11 Å². The first-order valence-corrected chi connectivity index (χ1v) is 9.06. The van der Waals surface area contributed by atoms with Crippen LogP contribution in [0.3, 0.4) is 0 Å². The highest BCUT2D eigenvalue weighted by atomic mass is 16.5. The van der Waals surface area contributed by atoms with Crippen molar-refractivity contribution in [1.29, 1.82) is 0 Å². The summed E-state index contributed by atoms with van der Waals surface area (Å²) in [7, 11) is 1.85. The van der Waals surface area contributed by atoms with Gasteiger partial charge in [0.2, 0.25) is 0 Å². The fourth-order valence-electron chi connectivity index (χ4n) is 3.73. The summed E-state index contributed by atoms with van der Waals surface area (Å²) in [5, 5.41) is 0. The second kappa shape index (κ2) is 7.96. The van der Waals surface area contributed by atoms with Gasteiger partial charge in [-0.15, -0.1) is 0 Å². The van der Waals surface area contributed by atoms with E-state index in [1.807, 2.05) is 7.11 Å². The van der Waals surface area contributed by atoms with Crippen LogP contribution < -0.4 is 0 Å². The summed E-state index contributed by atoms with van der Waals surface area (Å²) < 4.78 is 5.72. The molecule has 24 heavy (non-hydrogen) atoms. The van der Waals surface area contributed by atoms with Crippen LogP contribution in [0.5, 0.6) is 0 Å². The molecule has 2 nitrogen and oxygen atoms in total. The summed E-state index contributed by atoms with van der Waals surface area (Å²) in [4.78, 5) is 2.65. The minimum atomic E-state index is 0.0711. The molecule has 2 aromatic carbocycles. The number of hydrogen-bond acceptors (Lipinski definition) is 2. The second-order valence-electron chi connectivity index (χ2n) is 7.26. The number of nitrogens with zero attached hydrogens (tertiary/aromatic N) is 1. The van der Waals surface area contributed by atoms with Crippen LogP contribution in [0.2, 0.25) is 0 Å². The van der Waals surface area contributed by atoms with E-state index in [1.54, 1.807) is 0 Å². The Bertz CT molecular complexity index is 561. The Morgan fingerprint density at radius 3 is 1.75 bits per heavy atom. The molecule has 0 bridgehead atoms. The molecule has 0 aromatic heterocycles. The van der Waals surface area contributed by atoms with E-state index in [1.165, 1.54) is 24.0 Å². The summed E-state index contributed by atoms with van der Waals surface area (Å²) in [5.74, 6) is 0. The molecule has 0 aliphatic heterocycles. The van der Waals surface area contributed by atoms with Gasteiger partial charge < -0.3 is 4.74 Å². The van der Waals surface area contributed by atoms with Crippen molar-refractivity contribution in [1.82, 2.24) is 4.90 Å². The standard InChI is InChI=1S/C22H29NO/c1-22(24-2)15-13-21(14-16-22)23(17-19-9-5-3-6-10-19)18-20-11-7-4-8-12-20/h3-12,21H,13-18H2,1-2H3/t21-,22-. The van der Waals surface area contributed by atoms with Crippen LogP contribution in [0.25, 0.3) is 0 Å². The van der Waals surface area contributed by atoms with Crippen LogP contribution in [-0.4, -0.2) is 23.7 Å². The van der Waals surface area contributed by atoms with Crippen LogP contribution >= 0.6 is 0 Å². The maximum atomic E-state index is 5.72. The molecule has 1 aliphatic carbocycles. The molecule has 1 saturated carbocycles. The average Bonchev–Trinajstić information content (AvgIpc) is 2.64. The van der Waals surface area contributed by atoms with Crippen molar-refractivity contribution < 1.29 is 4.74 Å². The highest BCUT2D eigenvalue weighted by Gasteiger charge is 2.33. The van der Waals surface area contributed by atoms with Gasteiger partial charge in [0.15, 0.2) is 0 Å². The van der Waals surface area contributed by atoms with Crippen LogP contribution in [0.4, 0.5) is 0 Å². The SMILES string of the molecule is CO[C@]1(C)CC[C@@H](N(Cc2ccccc2)Cc2ccccc2)CC1. The molecule has 1 fully saturated rings. The minimum absolute atomic E-state index is 0.0711. The molecular formula is C22H29NO. The molecule has 2 aromatic rings. The van der Waals surface area contributed by atoms with E-state index >= 15 is 0 Å². The van der Waals surface area contributed by atoms with Gasteiger partial charge in [-0.1, -0.05) is 60.7 Å². The lowest BCUT2D eigenvalue weighted by Crippen LogP contribution is -2.42. The van der Waals surface area contributed by atoms with E-state index in [0.717, 1.165) is 25.9 Å². The third-order valence-electron chi connectivity index (χ3n) is 5.48. The molecule has 0 saturated heterocycles. The number of rotatable bonds is 6. The molecular weight excluding hydrogens is 294 g/mol. The van der Waals surface area contributed by atoms with Gasteiger partial charge in [-0.05, 0) is 43.7 Å². The zero-order valence-corrected chi connectivity index (χ0v) is 14.9. The Morgan fingerprint density at radius 2 is 1.33 bits per heavy atom. The molecule has 0 spiro atoms. The first-order valence-electron chi connectivity index (χ1n) is 9.06. The zero-order chi connectivity index (χ0) is 16.8. The van der Waals surface area contributed by atoms with Crippen molar-refractivity contribution in [3.8, 4) is 0 Å². The Hall–Kier alpha value is -1.64. The number of ether oxygens (including phenoxy) is 1. The van der Waals surface area contributed by atoms with Crippen molar-refractivity contribution in [3.05, 3.63) is 71.8 Å². The first kappa shape index (κ1) is 17.2. The molecule has 0 N–H and O–H groups in total. The third-order valence-corrected chi connectivity index (χ3v) is 5.48. The number of methoxy groups -OCH3 is 1. The molecule has 1 aliphatic rings. The van der Waals surface area contributed by atoms with Gasteiger partial charge >= 0.3 is 0 Å².